The van der Waals surface area contributed by atoms with Crippen LogP contribution in [0.25, 0.3) is 0 Å². The van der Waals surface area contributed by atoms with Crippen molar-refractivity contribution in [3.8, 4) is 5.75 Å². The number of phenols is 1. The highest BCUT2D eigenvalue weighted by Crippen LogP contribution is 2.43. The first-order valence-electron chi connectivity index (χ1n) is 11.1. The Labute approximate surface area is 188 Å². The standard InChI is InChI=1S/C28H37NO2/c1-20(10-15-26-23(4)22(3)16-17-28(26,5)6)8-7-9-21(2)18-27(31)29-19-24-11-13-25(30)14-12-24/h7-15,18,22,30H,16-17,19H2,1-6H3,(H,29,31)/b9-7+,15-10+,20-8+,21-18-. The number of aromatic hydroxyl groups is 1. The zero-order valence-electron chi connectivity index (χ0n) is 19.8. The van der Waals surface area contributed by atoms with E-state index >= 15 is 0 Å². The molecule has 166 valence electrons. The van der Waals surface area contributed by atoms with Gasteiger partial charge in [0.05, 0.1) is 0 Å². The van der Waals surface area contributed by atoms with Gasteiger partial charge in [-0.1, -0.05) is 74.4 Å². The Bertz CT molecular complexity index is 924. The average molecular weight is 420 g/mol. The zero-order valence-corrected chi connectivity index (χ0v) is 19.8. The van der Waals surface area contributed by atoms with Crippen molar-refractivity contribution in [3.05, 3.63) is 88.6 Å². The Morgan fingerprint density at radius 1 is 1.16 bits per heavy atom. The molecule has 1 aromatic carbocycles. The van der Waals surface area contributed by atoms with Crippen molar-refractivity contribution >= 4 is 5.91 Å². The lowest BCUT2D eigenvalue weighted by Crippen LogP contribution is -2.23. The third kappa shape index (κ3) is 7.75. The highest BCUT2D eigenvalue weighted by atomic mass is 16.3. The Kier molecular flexibility index (Phi) is 8.67. The van der Waals surface area contributed by atoms with Crippen molar-refractivity contribution in [2.45, 2.75) is 60.9 Å². The van der Waals surface area contributed by atoms with Gasteiger partial charge in [-0.2, -0.15) is 0 Å². The largest absolute Gasteiger partial charge is 0.508 e. The molecule has 0 saturated heterocycles. The van der Waals surface area contributed by atoms with Gasteiger partial charge in [0.1, 0.15) is 5.75 Å². The summed E-state index contributed by atoms with van der Waals surface area (Å²) in [5, 5.41) is 12.2. The van der Waals surface area contributed by atoms with Crippen molar-refractivity contribution < 1.29 is 9.90 Å². The second kappa shape index (κ2) is 11.0. The summed E-state index contributed by atoms with van der Waals surface area (Å²) >= 11 is 0. The lowest BCUT2D eigenvalue weighted by Gasteiger charge is -2.36. The first kappa shape index (κ1) is 24.5. The van der Waals surface area contributed by atoms with Gasteiger partial charge in [-0.25, -0.2) is 0 Å². The van der Waals surface area contributed by atoms with Gasteiger partial charge in [-0.15, -0.1) is 0 Å². The second-order valence-corrected chi connectivity index (χ2v) is 9.30. The summed E-state index contributed by atoms with van der Waals surface area (Å²) in [6.07, 6.45) is 14.5. The molecule has 1 aliphatic rings. The SMILES string of the molecule is CC1=C(/C=C/C(C)=C/C=C/C(C)=C\C(=O)NCc2ccc(O)cc2)C(C)(C)CCC1C. The third-order valence-corrected chi connectivity index (χ3v) is 6.09. The monoisotopic (exact) mass is 419 g/mol. The van der Waals surface area contributed by atoms with Crippen LogP contribution in [0, 0.1) is 11.3 Å². The molecule has 0 aromatic heterocycles. The summed E-state index contributed by atoms with van der Waals surface area (Å²) in [5.74, 6) is 0.745. The molecule has 0 radical (unpaired) electrons. The summed E-state index contributed by atoms with van der Waals surface area (Å²) in [5.41, 5.74) is 6.21. The molecule has 0 aliphatic heterocycles. The van der Waals surface area contributed by atoms with Crippen molar-refractivity contribution in [3.63, 3.8) is 0 Å². The topological polar surface area (TPSA) is 49.3 Å². The normalized spacial score (nSPS) is 20.0. The van der Waals surface area contributed by atoms with E-state index in [1.165, 1.54) is 29.6 Å². The fourth-order valence-electron chi connectivity index (χ4n) is 3.82. The molecule has 0 saturated carbocycles. The van der Waals surface area contributed by atoms with Gasteiger partial charge in [0.15, 0.2) is 0 Å². The lowest BCUT2D eigenvalue weighted by molar-refractivity contribution is -0.116. The van der Waals surface area contributed by atoms with Crippen LogP contribution in [0.1, 0.15) is 59.9 Å². The van der Waals surface area contributed by atoms with Gasteiger partial charge in [0, 0.05) is 12.6 Å². The Balaban J connectivity index is 1.93. The number of carbonyl (C=O) groups excluding carboxylic acids is 1. The fraction of sp³-hybridized carbons (Fsp3) is 0.393. The van der Waals surface area contributed by atoms with Crippen molar-refractivity contribution in [2.75, 3.05) is 0 Å². The van der Waals surface area contributed by atoms with E-state index in [-0.39, 0.29) is 17.1 Å². The molecule has 1 aliphatic carbocycles. The molecule has 1 aromatic rings. The molecule has 0 heterocycles. The number of amides is 1. The number of nitrogens with one attached hydrogen (secondary N) is 1. The van der Waals surface area contributed by atoms with Gasteiger partial charge in [0.2, 0.25) is 5.91 Å². The van der Waals surface area contributed by atoms with Crippen LogP contribution < -0.4 is 5.32 Å². The molecule has 1 amide bonds. The van der Waals surface area contributed by atoms with E-state index in [9.17, 15) is 9.90 Å². The molecule has 0 bridgehead atoms. The molecule has 0 fully saturated rings. The zero-order chi connectivity index (χ0) is 23.0. The Hall–Kier alpha value is -2.81. The van der Waals surface area contributed by atoms with E-state index in [0.29, 0.717) is 12.5 Å². The fourth-order valence-corrected chi connectivity index (χ4v) is 3.82. The predicted octanol–water partition coefficient (Wildman–Crippen LogP) is 6.79. The highest BCUT2D eigenvalue weighted by Gasteiger charge is 2.29. The van der Waals surface area contributed by atoms with Crippen LogP contribution in [-0.2, 0) is 11.3 Å². The summed E-state index contributed by atoms with van der Waals surface area (Å²) in [6.45, 7) is 13.7. The first-order valence-corrected chi connectivity index (χ1v) is 11.1. The molecular weight excluding hydrogens is 382 g/mol. The predicted molar refractivity (Wildman–Crippen MR) is 131 cm³/mol. The maximum absolute atomic E-state index is 12.1. The van der Waals surface area contributed by atoms with Gasteiger partial charge >= 0.3 is 0 Å². The molecule has 1 unspecified atom stereocenters. The molecule has 3 heteroatoms. The third-order valence-electron chi connectivity index (χ3n) is 6.09. The molecule has 2 rings (SSSR count). The van der Waals surface area contributed by atoms with Gasteiger partial charge in [0.25, 0.3) is 0 Å². The van der Waals surface area contributed by atoms with Crippen molar-refractivity contribution in [1.29, 1.82) is 0 Å². The average Bonchev–Trinajstić information content (AvgIpc) is 2.70. The van der Waals surface area contributed by atoms with Gasteiger partial charge in [-0.05, 0) is 73.8 Å². The summed E-state index contributed by atoms with van der Waals surface area (Å²) < 4.78 is 0. The number of hydrogen-bond donors (Lipinski definition) is 2. The summed E-state index contributed by atoms with van der Waals surface area (Å²) in [4.78, 5) is 12.1. The number of rotatable bonds is 7. The molecule has 0 spiro atoms. The van der Waals surface area contributed by atoms with Crippen LogP contribution in [0.3, 0.4) is 0 Å². The quantitative estimate of drug-likeness (QED) is 0.378. The van der Waals surface area contributed by atoms with Crippen LogP contribution in [0.15, 0.2) is 83.0 Å². The van der Waals surface area contributed by atoms with E-state index < -0.39 is 0 Å². The van der Waals surface area contributed by atoms with E-state index in [1.807, 2.05) is 19.1 Å². The van der Waals surface area contributed by atoms with E-state index in [4.69, 9.17) is 0 Å². The number of phenolic OH excluding ortho intramolecular Hbond substituents is 1. The van der Waals surface area contributed by atoms with E-state index in [2.05, 4.69) is 58.2 Å². The van der Waals surface area contributed by atoms with Crippen LogP contribution in [0.5, 0.6) is 5.75 Å². The first-order chi connectivity index (χ1) is 14.6. The molecule has 1 atom stereocenters. The maximum atomic E-state index is 12.1. The number of allylic oxidation sites excluding steroid dienone is 9. The van der Waals surface area contributed by atoms with E-state index in [0.717, 1.165) is 11.1 Å². The van der Waals surface area contributed by atoms with E-state index in [1.54, 1.807) is 30.3 Å². The molecule has 3 nitrogen and oxygen atoms in total. The number of hydrogen-bond acceptors (Lipinski definition) is 2. The number of carbonyl (C=O) groups is 1. The van der Waals surface area contributed by atoms with Crippen LogP contribution >= 0.6 is 0 Å². The highest BCUT2D eigenvalue weighted by molar-refractivity contribution is 5.88. The Morgan fingerprint density at radius 2 is 1.84 bits per heavy atom. The van der Waals surface area contributed by atoms with Gasteiger partial charge in [-0.3, -0.25) is 4.79 Å². The Morgan fingerprint density at radius 3 is 2.52 bits per heavy atom. The smallest absolute Gasteiger partial charge is 0.244 e. The minimum Gasteiger partial charge on any atom is -0.508 e. The van der Waals surface area contributed by atoms with Crippen LogP contribution in [0.2, 0.25) is 0 Å². The van der Waals surface area contributed by atoms with Gasteiger partial charge < -0.3 is 10.4 Å². The summed E-state index contributed by atoms with van der Waals surface area (Å²) in [6, 6.07) is 6.81. The van der Waals surface area contributed by atoms with Crippen LogP contribution in [-0.4, -0.2) is 11.0 Å². The maximum Gasteiger partial charge on any atom is 0.244 e. The van der Waals surface area contributed by atoms with Crippen LogP contribution in [0.4, 0.5) is 0 Å². The lowest BCUT2D eigenvalue weighted by atomic mass is 9.69. The minimum absolute atomic E-state index is 0.133. The number of benzene rings is 1. The second-order valence-electron chi connectivity index (χ2n) is 9.30. The molecular formula is C28H37NO2. The van der Waals surface area contributed by atoms with Crippen molar-refractivity contribution in [1.82, 2.24) is 5.32 Å². The molecule has 2 N–H and O–H groups in total. The summed E-state index contributed by atoms with van der Waals surface area (Å²) in [7, 11) is 0. The minimum atomic E-state index is -0.133. The molecule has 31 heavy (non-hydrogen) atoms. The van der Waals surface area contributed by atoms with Crippen molar-refractivity contribution in [2.24, 2.45) is 11.3 Å².